The smallest absolute Gasteiger partial charge is 0.224 e. The fourth-order valence-corrected chi connectivity index (χ4v) is 1.86. The molecule has 0 aromatic carbocycles. The molecule has 1 heterocycles. The van der Waals surface area contributed by atoms with Gasteiger partial charge in [-0.2, -0.15) is 0 Å². The Kier molecular flexibility index (Phi) is 3.80. The zero-order valence-corrected chi connectivity index (χ0v) is 9.67. The van der Waals surface area contributed by atoms with E-state index < -0.39 is 0 Å². The van der Waals surface area contributed by atoms with Gasteiger partial charge in [0.15, 0.2) is 5.84 Å². The van der Waals surface area contributed by atoms with Gasteiger partial charge in [-0.25, -0.2) is 4.98 Å². The second kappa shape index (κ2) is 5.52. The molecule has 1 saturated carbocycles. The molecule has 17 heavy (non-hydrogen) atoms. The van der Waals surface area contributed by atoms with Crippen LogP contribution in [0.15, 0.2) is 23.5 Å². The van der Waals surface area contributed by atoms with Crippen LogP contribution in [0.1, 0.15) is 31.2 Å². The maximum atomic E-state index is 8.65. The first-order valence-electron chi connectivity index (χ1n) is 5.87. The number of hydrogen-bond acceptors (Lipinski definition) is 4. The summed E-state index contributed by atoms with van der Waals surface area (Å²) in [5.41, 5.74) is 6.08. The first kappa shape index (κ1) is 11.7. The molecule has 1 aromatic heterocycles. The topological polar surface area (TPSA) is 80.7 Å². The molecule has 0 aliphatic heterocycles. The van der Waals surface area contributed by atoms with Gasteiger partial charge in [0.2, 0.25) is 5.88 Å². The molecule has 0 spiro atoms. The van der Waals surface area contributed by atoms with Crippen molar-refractivity contribution in [3.05, 3.63) is 23.9 Å². The molecule has 0 unspecified atom stereocenters. The Hall–Kier alpha value is -1.78. The quantitative estimate of drug-likeness (QED) is 0.352. The summed E-state index contributed by atoms with van der Waals surface area (Å²) in [5.74, 6) is 1.25. The maximum Gasteiger partial charge on any atom is 0.224 e. The van der Waals surface area contributed by atoms with Gasteiger partial charge in [0.1, 0.15) is 0 Å². The highest BCUT2D eigenvalue weighted by molar-refractivity contribution is 5.98. The van der Waals surface area contributed by atoms with Crippen LogP contribution in [0.3, 0.4) is 0 Å². The number of pyridine rings is 1. The van der Waals surface area contributed by atoms with Gasteiger partial charge in [-0.15, -0.1) is 0 Å². The molecule has 0 amide bonds. The number of hydrogen-bond donors (Lipinski definition) is 2. The number of ether oxygens (including phenoxy) is 1. The largest absolute Gasteiger partial charge is 0.477 e. The van der Waals surface area contributed by atoms with Gasteiger partial charge in [0.05, 0.1) is 12.2 Å². The van der Waals surface area contributed by atoms with Gasteiger partial charge in [-0.3, -0.25) is 0 Å². The van der Waals surface area contributed by atoms with Crippen molar-refractivity contribution in [2.45, 2.75) is 25.7 Å². The standard InChI is InChI=1S/C12H17N3O2/c13-11(15-16)10-5-2-7-14-12(10)17-8-6-9-3-1-4-9/h2,5,7,9,16H,1,3-4,6,8H2,(H2,13,15). The lowest BCUT2D eigenvalue weighted by atomic mass is 9.83. The third-order valence-electron chi connectivity index (χ3n) is 3.14. The minimum Gasteiger partial charge on any atom is -0.477 e. The molecule has 0 atom stereocenters. The van der Waals surface area contributed by atoms with E-state index in [4.69, 9.17) is 15.7 Å². The molecule has 3 N–H and O–H groups in total. The van der Waals surface area contributed by atoms with E-state index in [9.17, 15) is 0 Å². The lowest BCUT2D eigenvalue weighted by molar-refractivity contribution is 0.217. The van der Waals surface area contributed by atoms with Crippen molar-refractivity contribution in [3.63, 3.8) is 0 Å². The van der Waals surface area contributed by atoms with Gasteiger partial charge in [0, 0.05) is 6.20 Å². The molecular formula is C12H17N3O2. The van der Waals surface area contributed by atoms with Crippen LogP contribution in [-0.2, 0) is 0 Å². The predicted molar refractivity (Wildman–Crippen MR) is 64.2 cm³/mol. The minimum absolute atomic E-state index is 0.0248. The molecule has 5 heteroatoms. The van der Waals surface area contributed by atoms with E-state index >= 15 is 0 Å². The molecule has 2 rings (SSSR count). The summed E-state index contributed by atoms with van der Waals surface area (Å²) in [5, 5.41) is 11.6. The van der Waals surface area contributed by atoms with Crippen molar-refractivity contribution in [1.82, 2.24) is 4.98 Å². The Labute approximate surface area is 100 Å². The Balaban J connectivity index is 1.94. The average Bonchev–Trinajstić information content (AvgIpc) is 2.32. The summed E-state index contributed by atoms with van der Waals surface area (Å²) in [6, 6.07) is 3.45. The number of amidine groups is 1. The van der Waals surface area contributed by atoms with Crippen LogP contribution >= 0.6 is 0 Å². The Morgan fingerprint density at radius 2 is 2.41 bits per heavy atom. The van der Waals surface area contributed by atoms with E-state index in [1.807, 2.05) is 0 Å². The lowest BCUT2D eigenvalue weighted by Crippen LogP contribution is -2.18. The molecule has 1 aliphatic carbocycles. The zero-order valence-electron chi connectivity index (χ0n) is 9.67. The van der Waals surface area contributed by atoms with E-state index in [-0.39, 0.29) is 5.84 Å². The molecule has 0 bridgehead atoms. The number of rotatable bonds is 5. The van der Waals surface area contributed by atoms with E-state index in [2.05, 4.69) is 10.1 Å². The average molecular weight is 235 g/mol. The summed E-state index contributed by atoms with van der Waals surface area (Å²) in [4.78, 5) is 4.09. The number of oxime groups is 1. The third kappa shape index (κ3) is 2.87. The van der Waals surface area contributed by atoms with Gasteiger partial charge in [0.25, 0.3) is 0 Å². The number of nitrogens with zero attached hydrogens (tertiary/aromatic N) is 2. The van der Waals surface area contributed by atoms with E-state index in [1.54, 1.807) is 18.3 Å². The van der Waals surface area contributed by atoms with Crippen LogP contribution in [0, 0.1) is 5.92 Å². The lowest BCUT2D eigenvalue weighted by Gasteiger charge is -2.24. The summed E-state index contributed by atoms with van der Waals surface area (Å²) in [7, 11) is 0. The highest BCUT2D eigenvalue weighted by atomic mass is 16.5. The summed E-state index contributed by atoms with van der Waals surface area (Å²) in [6.45, 7) is 0.632. The summed E-state index contributed by atoms with van der Waals surface area (Å²) >= 11 is 0. The molecule has 0 saturated heterocycles. The predicted octanol–water partition coefficient (Wildman–Crippen LogP) is 1.75. The Bertz CT molecular complexity index is 402. The minimum atomic E-state index is 0.0248. The normalized spacial score (nSPS) is 16.6. The van der Waals surface area contributed by atoms with Crippen molar-refractivity contribution in [3.8, 4) is 5.88 Å². The van der Waals surface area contributed by atoms with Crippen molar-refractivity contribution in [1.29, 1.82) is 0 Å². The number of nitrogens with two attached hydrogens (primary N) is 1. The summed E-state index contributed by atoms with van der Waals surface area (Å²) < 4.78 is 5.58. The number of aromatic nitrogens is 1. The van der Waals surface area contributed by atoms with Gasteiger partial charge in [-0.05, 0) is 24.5 Å². The third-order valence-corrected chi connectivity index (χ3v) is 3.14. The van der Waals surface area contributed by atoms with Crippen molar-refractivity contribution in [2.75, 3.05) is 6.61 Å². The zero-order chi connectivity index (χ0) is 12.1. The molecule has 0 radical (unpaired) electrons. The molecule has 5 nitrogen and oxygen atoms in total. The highest BCUT2D eigenvalue weighted by Crippen LogP contribution is 2.29. The van der Waals surface area contributed by atoms with Gasteiger partial charge < -0.3 is 15.7 Å². The summed E-state index contributed by atoms with van der Waals surface area (Å²) in [6.07, 6.45) is 6.62. The first-order chi connectivity index (χ1) is 8.31. The molecular weight excluding hydrogens is 218 g/mol. The maximum absolute atomic E-state index is 8.65. The highest BCUT2D eigenvalue weighted by Gasteiger charge is 2.17. The molecule has 1 fully saturated rings. The van der Waals surface area contributed by atoms with Crippen molar-refractivity contribution >= 4 is 5.84 Å². The Morgan fingerprint density at radius 1 is 1.59 bits per heavy atom. The van der Waals surface area contributed by atoms with E-state index in [0.717, 1.165) is 12.3 Å². The van der Waals surface area contributed by atoms with Crippen molar-refractivity contribution < 1.29 is 9.94 Å². The first-order valence-corrected chi connectivity index (χ1v) is 5.87. The fraction of sp³-hybridized carbons (Fsp3) is 0.500. The SMILES string of the molecule is N/C(=N/O)c1cccnc1OCCC1CCC1. The van der Waals surface area contributed by atoms with Crippen LogP contribution in [0.25, 0.3) is 0 Å². The van der Waals surface area contributed by atoms with Crippen LogP contribution in [0.4, 0.5) is 0 Å². The monoisotopic (exact) mass is 235 g/mol. The fourth-order valence-electron chi connectivity index (χ4n) is 1.86. The molecule has 92 valence electrons. The van der Waals surface area contributed by atoms with Crippen molar-refractivity contribution in [2.24, 2.45) is 16.8 Å². The Morgan fingerprint density at radius 3 is 3.06 bits per heavy atom. The molecule has 1 aromatic rings. The van der Waals surface area contributed by atoms with Gasteiger partial charge >= 0.3 is 0 Å². The van der Waals surface area contributed by atoms with Gasteiger partial charge in [-0.1, -0.05) is 24.4 Å². The van der Waals surface area contributed by atoms with E-state index in [0.29, 0.717) is 18.1 Å². The van der Waals surface area contributed by atoms with Crippen LogP contribution in [0.2, 0.25) is 0 Å². The second-order valence-electron chi connectivity index (χ2n) is 4.28. The van der Waals surface area contributed by atoms with Crippen LogP contribution < -0.4 is 10.5 Å². The van der Waals surface area contributed by atoms with Crippen LogP contribution in [-0.4, -0.2) is 22.6 Å². The second-order valence-corrected chi connectivity index (χ2v) is 4.28. The van der Waals surface area contributed by atoms with Crippen LogP contribution in [0.5, 0.6) is 5.88 Å². The molecule has 1 aliphatic rings. The van der Waals surface area contributed by atoms with E-state index in [1.165, 1.54) is 19.3 Å².